The molecule has 3 aromatic rings. The zero-order chi connectivity index (χ0) is 18.4. The van der Waals surface area contributed by atoms with Gasteiger partial charge in [-0.2, -0.15) is 0 Å². The van der Waals surface area contributed by atoms with Crippen molar-refractivity contribution >= 4 is 17.3 Å². The predicted molar refractivity (Wildman–Crippen MR) is 106 cm³/mol. The van der Waals surface area contributed by atoms with E-state index in [1.165, 1.54) is 5.56 Å². The van der Waals surface area contributed by atoms with Gasteiger partial charge in [-0.25, -0.2) is 9.97 Å². The Labute approximate surface area is 154 Å². The molecule has 1 heterocycles. The Bertz CT molecular complexity index is 866. The maximum absolute atomic E-state index is 5.40. The Morgan fingerprint density at radius 2 is 1.88 bits per heavy atom. The van der Waals surface area contributed by atoms with Crippen molar-refractivity contribution in [2.75, 3.05) is 23.9 Å². The van der Waals surface area contributed by atoms with Crippen molar-refractivity contribution in [1.29, 1.82) is 0 Å². The number of nitrogens with zero attached hydrogens (tertiary/aromatic N) is 3. The number of hydrogen-bond donors (Lipinski definition) is 1. The molecule has 2 aromatic carbocycles. The number of benzene rings is 2. The SMILES string of the molecule is CCN(c1cccc(C)c1)c1cc(NCc2ccccc2OC)ncn1. The van der Waals surface area contributed by atoms with E-state index in [4.69, 9.17) is 4.74 Å². The fourth-order valence-corrected chi connectivity index (χ4v) is 2.90. The van der Waals surface area contributed by atoms with Gasteiger partial charge < -0.3 is 15.0 Å². The van der Waals surface area contributed by atoms with E-state index >= 15 is 0 Å². The van der Waals surface area contributed by atoms with E-state index in [9.17, 15) is 0 Å². The Morgan fingerprint density at radius 3 is 2.65 bits per heavy atom. The zero-order valence-electron chi connectivity index (χ0n) is 15.4. The highest BCUT2D eigenvalue weighted by atomic mass is 16.5. The Balaban J connectivity index is 1.79. The molecule has 1 aromatic heterocycles. The van der Waals surface area contributed by atoms with Crippen LogP contribution in [0.4, 0.5) is 17.3 Å². The van der Waals surface area contributed by atoms with Crippen molar-refractivity contribution in [1.82, 2.24) is 9.97 Å². The topological polar surface area (TPSA) is 50.3 Å². The van der Waals surface area contributed by atoms with E-state index in [1.807, 2.05) is 30.3 Å². The Morgan fingerprint density at radius 1 is 1.04 bits per heavy atom. The third-order valence-electron chi connectivity index (χ3n) is 4.21. The van der Waals surface area contributed by atoms with E-state index in [0.717, 1.165) is 35.2 Å². The van der Waals surface area contributed by atoms with Gasteiger partial charge in [0, 0.05) is 30.4 Å². The second-order valence-corrected chi connectivity index (χ2v) is 6.01. The molecule has 0 atom stereocenters. The maximum atomic E-state index is 5.40. The molecule has 0 saturated carbocycles. The highest BCUT2D eigenvalue weighted by Crippen LogP contribution is 2.25. The first-order chi connectivity index (χ1) is 12.7. The number of methoxy groups -OCH3 is 1. The normalized spacial score (nSPS) is 10.4. The van der Waals surface area contributed by atoms with Gasteiger partial charge in [-0.15, -0.1) is 0 Å². The lowest BCUT2D eigenvalue weighted by atomic mass is 10.2. The van der Waals surface area contributed by atoms with Gasteiger partial charge in [-0.1, -0.05) is 30.3 Å². The van der Waals surface area contributed by atoms with Crippen LogP contribution >= 0.6 is 0 Å². The minimum absolute atomic E-state index is 0.636. The van der Waals surface area contributed by atoms with Crippen LogP contribution < -0.4 is 15.0 Å². The van der Waals surface area contributed by atoms with Crippen molar-refractivity contribution in [3.05, 3.63) is 72.1 Å². The number of aromatic nitrogens is 2. The van der Waals surface area contributed by atoms with E-state index in [-0.39, 0.29) is 0 Å². The summed E-state index contributed by atoms with van der Waals surface area (Å²) in [6, 6.07) is 18.4. The average molecular weight is 348 g/mol. The zero-order valence-corrected chi connectivity index (χ0v) is 15.4. The van der Waals surface area contributed by atoms with Crippen molar-refractivity contribution in [3.63, 3.8) is 0 Å². The Hall–Kier alpha value is -3.08. The van der Waals surface area contributed by atoms with Crippen molar-refractivity contribution in [2.24, 2.45) is 0 Å². The lowest BCUT2D eigenvalue weighted by Crippen LogP contribution is -2.18. The number of nitrogens with one attached hydrogen (secondary N) is 1. The molecule has 3 rings (SSSR count). The summed E-state index contributed by atoms with van der Waals surface area (Å²) in [5, 5.41) is 3.36. The first-order valence-corrected chi connectivity index (χ1v) is 8.73. The van der Waals surface area contributed by atoms with Gasteiger partial charge in [0.25, 0.3) is 0 Å². The molecule has 0 unspecified atom stereocenters. The standard InChI is InChI=1S/C21H24N4O/c1-4-25(18-10-7-8-16(2)12-18)21-13-20(23-15-24-21)22-14-17-9-5-6-11-19(17)26-3/h5-13,15H,4,14H2,1-3H3,(H,22,23,24). The average Bonchev–Trinajstić information content (AvgIpc) is 2.68. The van der Waals surface area contributed by atoms with Crippen LogP contribution in [0.5, 0.6) is 5.75 Å². The molecule has 0 fully saturated rings. The summed E-state index contributed by atoms with van der Waals surface area (Å²) in [7, 11) is 1.68. The second kappa shape index (κ2) is 8.34. The third kappa shape index (κ3) is 4.11. The highest BCUT2D eigenvalue weighted by molar-refractivity contribution is 5.62. The van der Waals surface area contributed by atoms with Crippen molar-refractivity contribution in [2.45, 2.75) is 20.4 Å². The summed E-state index contributed by atoms with van der Waals surface area (Å²) >= 11 is 0. The van der Waals surface area contributed by atoms with Crippen molar-refractivity contribution < 1.29 is 4.74 Å². The second-order valence-electron chi connectivity index (χ2n) is 6.01. The molecular weight excluding hydrogens is 324 g/mol. The van der Waals surface area contributed by atoms with Crippen LogP contribution in [0.15, 0.2) is 60.9 Å². The Kier molecular flexibility index (Phi) is 5.69. The fraction of sp³-hybridized carbons (Fsp3) is 0.238. The van der Waals surface area contributed by atoms with Gasteiger partial charge in [-0.05, 0) is 37.6 Å². The van der Waals surface area contributed by atoms with Crippen molar-refractivity contribution in [3.8, 4) is 5.75 Å². The molecule has 5 heteroatoms. The van der Waals surface area contributed by atoms with Crippen LogP contribution in [-0.2, 0) is 6.54 Å². The molecule has 0 aliphatic heterocycles. The maximum Gasteiger partial charge on any atom is 0.138 e. The fourth-order valence-electron chi connectivity index (χ4n) is 2.90. The summed E-state index contributed by atoms with van der Waals surface area (Å²) in [6.45, 7) is 5.67. The number of para-hydroxylation sites is 1. The smallest absolute Gasteiger partial charge is 0.138 e. The van der Waals surface area contributed by atoms with Crippen LogP contribution in [0.2, 0.25) is 0 Å². The molecule has 0 radical (unpaired) electrons. The molecule has 5 nitrogen and oxygen atoms in total. The molecular formula is C21H24N4O. The van der Waals surface area contributed by atoms with Crippen LogP contribution in [0, 0.1) is 6.92 Å². The molecule has 0 bridgehead atoms. The quantitative estimate of drug-likeness (QED) is 0.678. The first kappa shape index (κ1) is 17.7. The summed E-state index contributed by atoms with van der Waals surface area (Å²) in [6.07, 6.45) is 1.60. The largest absolute Gasteiger partial charge is 0.496 e. The number of ether oxygens (including phenoxy) is 1. The minimum Gasteiger partial charge on any atom is -0.496 e. The summed E-state index contributed by atoms with van der Waals surface area (Å²) in [5.41, 5.74) is 3.44. The van der Waals surface area contributed by atoms with Gasteiger partial charge in [0.1, 0.15) is 23.7 Å². The number of hydrogen-bond acceptors (Lipinski definition) is 5. The molecule has 0 aliphatic rings. The van der Waals surface area contributed by atoms with Gasteiger partial charge in [0.15, 0.2) is 0 Å². The summed E-state index contributed by atoms with van der Waals surface area (Å²) < 4.78 is 5.40. The summed E-state index contributed by atoms with van der Waals surface area (Å²) in [4.78, 5) is 11.0. The third-order valence-corrected chi connectivity index (χ3v) is 4.21. The number of aryl methyl sites for hydroxylation is 1. The van der Waals surface area contributed by atoms with E-state index < -0.39 is 0 Å². The number of rotatable bonds is 7. The van der Waals surface area contributed by atoms with Gasteiger partial charge in [0.05, 0.1) is 7.11 Å². The van der Waals surface area contributed by atoms with Crippen LogP contribution in [0.3, 0.4) is 0 Å². The van der Waals surface area contributed by atoms with E-state index in [1.54, 1.807) is 13.4 Å². The highest BCUT2D eigenvalue weighted by Gasteiger charge is 2.10. The predicted octanol–water partition coefficient (Wildman–Crippen LogP) is 4.56. The van der Waals surface area contributed by atoms with Gasteiger partial charge in [-0.3, -0.25) is 0 Å². The lowest BCUT2D eigenvalue weighted by Gasteiger charge is -2.22. The molecule has 1 N–H and O–H groups in total. The molecule has 0 aliphatic carbocycles. The lowest BCUT2D eigenvalue weighted by molar-refractivity contribution is 0.410. The molecule has 0 spiro atoms. The molecule has 134 valence electrons. The van der Waals surface area contributed by atoms with Gasteiger partial charge in [0.2, 0.25) is 0 Å². The first-order valence-electron chi connectivity index (χ1n) is 8.73. The van der Waals surface area contributed by atoms with Crippen LogP contribution in [0.1, 0.15) is 18.1 Å². The van der Waals surface area contributed by atoms with E-state index in [2.05, 4.69) is 58.3 Å². The van der Waals surface area contributed by atoms with Gasteiger partial charge >= 0.3 is 0 Å². The monoisotopic (exact) mass is 348 g/mol. The van der Waals surface area contributed by atoms with Crippen LogP contribution in [-0.4, -0.2) is 23.6 Å². The van der Waals surface area contributed by atoms with Crippen LogP contribution in [0.25, 0.3) is 0 Å². The molecule has 26 heavy (non-hydrogen) atoms. The summed E-state index contributed by atoms with van der Waals surface area (Å²) in [5.74, 6) is 2.52. The minimum atomic E-state index is 0.636. The van der Waals surface area contributed by atoms with E-state index in [0.29, 0.717) is 6.54 Å². The molecule has 0 amide bonds. The molecule has 0 saturated heterocycles. The number of anilines is 3.